The monoisotopic (exact) mass is 318 g/mol. The minimum absolute atomic E-state index is 0.344. The highest BCUT2D eigenvalue weighted by atomic mass is 19.4. The normalized spacial score (nSPS) is 19.2. The Morgan fingerprint density at radius 2 is 1.91 bits per heavy atom. The predicted octanol–water partition coefficient (Wildman–Crippen LogP) is 2.59. The van der Waals surface area contributed by atoms with Crippen molar-refractivity contribution in [1.82, 2.24) is 10.2 Å². The number of carboxylic acids is 1. The van der Waals surface area contributed by atoms with Gasteiger partial charge in [-0.25, -0.2) is 0 Å². The standard InChI is InChI=1S/C13H15F3N2O2.C2H6/c14-13(15,16)10-3-1-9(2-4-10)7-18-6-5-17-11(8-18)12(19)20;1-2/h1-4,11,17H,5-8H2,(H,19,20);1-2H3. The molecule has 1 atom stereocenters. The van der Waals surface area contributed by atoms with Crippen LogP contribution in [0.4, 0.5) is 13.2 Å². The van der Waals surface area contributed by atoms with Crippen molar-refractivity contribution in [3.63, 3.8) is 0 Å². The lowest BCUT2D eigenvalue weighted by Gasteiger charge is -2.31. The maximum atomic E-state index is 12.4. The van der Waals surface area contributed by atoms with Gasteiger partial charge in [0.1, 0.15) is 6.04 Å². The van der Waals surface area contributed by atoms with Gasteiger partial charge in [0, 0.05) is 26.2 Å². The van der Waals surface area contributed by atoms with Crippen LogP contribution >= 0.6 is 0 Å². The molecule has 1 heterocycles. The first kappa shape index (κ1) is 18.4. The van der Waals surface area contributed by atoms with E-state index in [4.69, 9.17) is 5.11 Å². The van der Waals surface area contributed by atoms with Crippen LogP contribution in [0.15, 0.2) is 24.3 Å². The first-order valence-electron chi connectivity index (χ1n) is 7.21. The van der Waals surface area contributed by atoms with E-state index in [2.05, 4.69) is 5.32 Å². The van der Waals surface area contributed by atoms with Crippen LogP contribution in [0.25, 0.3) is 0 Å². The zero-order valence-electron chi connectivity index (χ0n) is 12.7. The highest BCUT2D eigenvalue weighted by Gasteiger charge is 2.30. The number of hydrogen-bond donors (Lipinski definition) is 2. The lowest BCUT2D eigenvalue weighted by molar-refractivity contribution is -0.141. The van der Waals surface area contributed by atoms with E-state index in [1.165, 1.54) is 12.1 Å². The minimum Gasteiger partial charge on any atom is -0.480 e. The Morgan fingerprint density at radius 1 is 1.32 bits per heavy atom. The number of aliphatic carboxylic acids is 1. The van der Waals surface area contributed by atoms with Gasteiger partial charge in [-0.3, -0.25) is 9.69 Å². The SMILES string of the molecule is CC.O=C(O)C1CN(Cc2ccc(C(F)(F)F)cc2)CCN1. The number of nitrogens with one attached hydrogen (secondary N) is 1. The molecule has 22 heavy (non-hydrogen) atoms. The Bertz CT molecular complexity index is 475. The smallest absolute Gasteiger partial charge is 0.416 e. The molecule has 1 saturated heterocycles. The number of hydrogen-bond acceptors (Lipinski definition) is 3. The van der Waals surface area contributed by atoms with Gasteiger partial charge in [0.15, 0.2) is 0 Å². The summed E-state index contributed by atoms with van der Waals surface area (Å²) in [6.07, 6.45) is -4.33. The molecule has 0 saturated carbocycles. The lowest BCUT2D eigenvalue weighted by Crippen LogP contribution is -2.53. The second-order valence-corrected chi connectivity index (χ2v) is 4.77. The van der Waals surface area contributed by atoms with Gasteiger partial charge in [0.25, 0.3) is 0 Å². The first-order valence-corrected chi connectivity index (χ1v) is 7.21. The summed E-state index contributed by atoms with van der Waals surface area (Å²) >= 11 is 0. The fourth-order valence-corrected chi connectivity index (χ4v) is 2.18. The molecule has 2 N–H and O–H groups in total. The minimum atomic E-state index is -4.33. The molecule has 0 aromatic heterocycles. The Morgan fingerprint density at radius 3 is 2.41 bits per heavy atom. The van der Waals surface area contributed by atoms with E-state index >= 15 is 0 Å². The van der Waals surface area contributed by atoms with Crippen LogP contribution in [0.5, 0.6) is 0 Å². The molecule has 0 spiro atoms. The second kappa shape index (κ2) is 8.14. The molecule has 0 radical (unpaired) electrons. The Kier molecular flexibility index (Phi) is 6.83. The average molecular weight is 318 g/mol. The summed E-state index contributed by atoms with van der Waals surface area (Å²) in [4.78, 5) is 12.8. The van der Waals surface area contributed by atoms with Gasteiger partial charge in [0.2, 0.25) is 0 Å². The van der Waals surface area contributed by atoms with Crippen molar-refractivity contribution in [3.8, 4) is 0 Å². The summed E-state index contributed by atoms with van der Waals surface area (Å²) in [5, 5.41) is 11.8. The van der Waals surface area contributed by atoms with Crippen molar-refractivity contribution in [1.29, 1.82) is 0 Å². The van der Waals surface area contributed by atoms with Gasteiger partial charge in [-0.2, -0.15) is 13.2 Å². The molecular weight excluding hydrogens is 297 g/mol. The van der Waals surface area contributed by atoms with E-state index in [0.717, 1.165) is 17.7 Å². The predicted molar refractivity (Wildman–Crippen MR) is 77.5 cm³/mol. The molecule has 4 nitrogen and oxygen atoms in total. The third-order valence-corrected chi connectivity index (χ3v) is 3.25. The molecule has 1 aliphatic rings. The molecule has 0 aliphatic carbocycles. The summed E-state index contributed by atoms with van der Waals surface area (Å²) in [5.74, 6) is -0.915. The van der Waals surface area contributed by atoms with Crippen LogP contribution in [0.1, 0.15) is 25.0 Å². The first-order chi connectivity index (χ1) is 10.4. The molecule has 124 valence electrons. The number of carbonyl (C=O) groups is 1. The largest absolute Gasteiger partial charge is 0.480 e. The van der Waals surface area contributed by atoms with E-state index in [9.17, 15) is 18.0 Å². The maximum absolute atomic E-state index is 12.4. The van der Waals surface area contributed by atoms with Gasteiger partial charge in [-0.15, -0.1) is 0 Å². The van der Waals surface area contributed by atoms with E-state index in [1.54, 1.807) is 0 Å². The van der Waals surface area contributed by atoms with Crippen molar-refractivity contribution in [2.24, 2.45) is 0 Å². The molecule has 0 amide bonds. The zero-order valence-corrected chi connectivity index (χ0v) is 12.7. The summed E-state index contributed by atoms with van der Waals surface area (Å²) in [5.41, 5.74) is 0.0639. The summed E-state index contributed by atoms with van der Waals surface area (Å²) in [6, 6.07) is 4.33. The summed E-state index contributed by atoms with van der Waals surface area (Å²) in [6.45, 7) is 6.02. The van der Waals surface area contributed by atoms with Crippen LogP contribution in [-0.2, 0) is 17.5 Å². The molecule has 0 bridgehead atoms. The van der Waals surface area contributed by atoms with E-state index in [0.29, 0.717) is 26.2 Å². The quantitative estimate of drug-likeness (QED) is 0.899. The van der Waals surface area contributed by atoms with E-state index in [1.807, 2.05) is 18.7 Å². The van der Waals surface area contributed by atoms with Crippen molar-refractivity contribution in [2.45, 2.75) is 32.6 Å². The van der Waals surface area contributed by atoms with Crippen molar-refractivity contribution >= 4 is 5.97 Å². The number of rotatable bonds is 3. The number of benzene rings is 1. The molecule has 1 fully saturated rings. The van der Waals surface area contributed by atoms with Crippen molar-refractivity contribution < 1.29 is 23.1 Å². The second-order valence-electron chi connectivity index (χ2n) is 4.77. The third-order valence-electron chi connectivity index (χ3n) is 3.25. The van der Waals surface area contributed by atoms with Crippen LogP contribution in [0, 0.1) is 0 Å². The molecular formula is C15H21F3N2O2. The molecule has 2 rings (SSSR count). The number of nitrogens with zero attached hydrogens (tertiary/aromatic N) is 1. The van der Waals surface area contributed by atoms with E-state index in [-0.39, 0.29) is 0 Å². The Hall–Kier alpha value is -1.60. The topological polar surface area (TPSA) is 52.6 Å². The van der Waals surface area contributed by atoms with Crippen LogP contribution < -0.4 is 5.32 Å². The number of halogens is 3. The van der Waals surface area contributed by atoms with Gasteiger partial charge in [-0.05, 0) is 17.7 Å². The van der Waals surface area contributed by atoms with Gasteiger partial charge in [-0.1, -0.05) is 26.0 Å². The highest BCUT2D eigenvalue weighted by molar-refractivity contribution is 5.73. The number of alkyl halides is 3. The number of carboxylic acid groups (broad SMARTS) is 1. The van der Waals surface area contributed by atoms with Crippen LogP contribution in [0.2, 0.25) is 0 Å². The van der Waals surface area contributed by atoms with Crippen LogP contribution in [0.3, 0.4) is 0 Å². The Labute approximate surface area is 127 Å². The van der Waals surface area contributed by atoms with Gasteiger partial charge >= 0.3 is 12.1 Å². The lowest BCUT2D eigenvalue weighted by atomic mass is 10.1. The zero-order chi connectivity index (χ0) is 16.8. The average Bonchev–Trinajstić information content (AvgIpc) is 2.49. The van der Waals surface area contributed by atoms with Crippen LogP contribution in [-0.4, -0.2) is 41.7 Å². The summed E-state index contributed by atoms with van der Waals surface area (Å²) in [7, 11) is 0. The van der Waals surface area contributed by atoms with Gasteiger partial charge < -0.3 is 10.4 Å². The fraction of sp³-hybridized carbons (Fsp3) is 0.533. The maximum Gasteiger partial charge on any atom is 0.416 e. The molecule has 7 heteroatoms. The number of piperazine rings is 1. The molecule has 1 aromatic carbocycles. The molecule has 1 aromatic rings. The van der Waals surface area contributed by atoms with Crippen molar-refractivity contribution in [2.75, 3.05) is 19.6 Å². The van der Waals surface area contributed by atoms with E-state index < -0.39 is 23.8 Å². The summed E-state index contributed by atoms with van der Waals surface area (Å²) < 4.78 is 37.3. The van der Waals surface area contributed by atoms with Crippen molar-refractivity contribution in [3.05, 3.63) is 35.4 Å². The van der Waals surface area contributed by atoms with Gasteiger partial charge in [0.05, 0.1) is 5.56 Å². The highest BCUT2D eigenvalue weighted by Crippen LogP contribution is 2.29. The fourth-order valence-electron chi connectivity index (χ4n) is 2.18. The molecule has 1 unspecified atom stereocenters. The Balaban J connectivity index is 0.00000116. The molecule has 1 aliphatic heterocycles. The third kappa shape index (κ3) is 5.31.